The van der Waals surface area contributed by atoms with E-state index in [4.69, 9.17) is 9.47 Å². The van der Waals surface area contributed by atoms with Gasteiger partial charge in [0, 0.05) is 6.20 Å². The van der Waals surface area contributed by atoms with Crippen molar-refractivity contribution in [2.75, 3.05) is 13.7 Å². The topological polar surface area (TPSA) is 57.5 Å². The Hall–Kier alpha value is -2.56. The van der Waals surface area contributed by atoms with Gasteiger partial charge in [-0.15, -0.1) is 0 Å². The number of carbonyl (C=O) groups is 2. The van der Waals surface area contributed by atoms with Gasteiger partial charge in [0.25, 0.3) is 5.91 Å². The van der Waals surface area contributed by atoms with Crippen LogP contribution in [0.4, 0.5) is 0 Å². The lowest BCUT2D eigenvalue weighted by Gasteiger charge is -2.10. The number of benzene rings is 1. The van der Waals surface area contributed by atoms with Crippen LogP contribution in [0, 0.1) is 0 Å². The highest BCUT2D eigenvalue weighted by Gasteiger charge is 2.11. The minimum absolute atomic E-state index is 0.171. The van der Waals surface area contributed by atoms with Crippen molar-refractivity contribution in [1.29, 1.82) is 0 Å². The van der Waals surface area contributed by atoms with Crippen molar-refractivity contribution in [2.24, 2.45) is 0 Å². The molecule has 0 aliphatic carbocycles. The second-order valence-electron chi connectivity index (χ2n) is 3.75. The van der Waals surface area contributed by atoms with Gasteiger partial charge >= 0.3 is 0 Å². The maximum Gasteiger partial charge on any atom is 0.269 e. The second kappa shape index (κ2) is 5.86. The minimum atomic E-state index is -0.321. The Morgan fingerprint density at radius 3 is 2.63 bits per heavy atom. The average molecular weight is 259 g/mol. The molecule has 0 spiro atoms. The van der Waals surface area contributed by atoms with Gasteiger partial charge in [0.05, 0.1) is 12.8 Å². The summed E-state index contributed by atoms with van der Waals surface area (Å²) in [6, 6.07) is 10.2. The third-order valence-corrected chi connectivity index (χ3v) is 2.59. The van der Waals surface area contributed by atoms with E-state index in [9.17, 15) is 9.59 Å². The molecule has 1 heterocycles. The Morgan fingerprint density at radius 1 is 1.21 bits per heavy atom. The molecule has 19 heavy (non-hydrogen) atoms. The van der Waals surface area contributed by atoms with Crippen LogP contribution in [0.5, 0.6) is 11.5 Å². The smallest absolute Gasteiger partial charge is 0.269 e. The minimum Gasteiger partial charge on any atom is -0.493 e. The van der Waals surface area contributed by atoms with Crippen LogP contribution in [-0.2, 0) is 0 Å². The first-order valence-electron chi connectivity index (χ1n) is 5.68. The third-order valence-electron chi connectivity index (χ3n) is 2.59. The molecule has 0 unspecified atom stereocenters. The Labute approximate surface area is 110 Å². The number of nitrogens with zero attached hydrogens (tertiary/aromatic N) is 1. The summed E-state index contributed by atoms with van der Waals surface area (Å²) in [4.78, 5) is 22.6. The van der Waals surface area contributed by atoms with Crippen LogP contribution in [0.2, 0.25) is 0 Å². The molecule has 1 aromatic carbocycles. The number of aromatic nitrogens is 1. The predicted octanol–water partition coefficient (Wildman–Crippen LogP) is 2.03. The van der Waals surface area contributed by atoms with Crippen molar-refractivity contribution in [3.05, 3.63) is 48.3 Å². The maximum absolute atomic E-state index is 11.9. The molecule has 0 N–H and O–H groups in total. The lowest BCUT2D eigenvalue weighted by Crippen LogP contribution is -2.20. The Balaban J connectivity index is 2.06. The van der Waals surface area contributed by atoms with Gasteiger partial charge in [0.15, 0.2) is 24.4 Å². The van der Waals surface area contributed by atoms with Crippen LogP contribution < -0.4 is 9.47 Å². The largest absolute Gasteiger partial charge is 0.493 e. The normalized spacial score (nSPS) is 9.95. The number of carbonyl (C=O) groups excluding carboxylic acids is 2. The fourth-order valence-corrected chi connectivity index (χ4v) is 1.66. The summed E-state index contributed by atoms with van der Waals surface area (Å²) in [5.41, 5.74) is 0.300. The number of hydrogen-bond acceptors (Lipinski definition) is 4. The highest BCUT2D eigenvalue weighted by atomic mass is 16.5. The molecule has 2 aromatic rings. The van der Waals surface area contributed by atoms with E-state index in [1.165, 1.54) is 17.9 Å². The lowest BCUT2D eigenvalue weighted by atomic mass is 10.3. The molecule has 0 amide bonds. The molecule has 0 atom stereocenters. The number of rotatable bonds is 5. The monoisotopic (exact) mass is 259 g/mol. The van der Waals surface area contributed by atoms with Crippen molar-refractivity contribution in [3.63, 3.8) is 0 Å². The summed E-state index contributed by atoms with van der Waals surface area (Å²) in [5, 5.41) is 0. The van der Waals surface area contributed by atoms with Gasteiger partial charge in [0.2, 0.25) is 0 Å². The molecular formula is C14H13NO4. The fourth-order valence-electron chi connectivity index (χ4n) is 1.66. The van der Waals surface area contributed by atoms with E-state index in [2.05, 4.69) is 0 Å². The van der Waals surface area contributed by atoms with E-state index >= 15 is 0 Å². The van der Waals surface area contributed by atoms with E-state index in [0.717, 1.165) is 0 Å². The molecule has 1 aromatic heterocycles. The van der Waals surface area contributed by atoms with Gasteiger partial charge in [-0.1, -0.05) is 12.1 Å². The zero-order chi connectivity index (χ0) is 13.7. The van der Waals surface area contributed by atoms with Crippen molar-refractivity contribution in [2.45, 2.75) is 0 Å². The van der Waals surface area contributed by atoms with Crippen molar-refractivity contribution in [3.8, 4) is 11.5 Å². The fraction of sp³-hybridized carbons (Fsp3) is 0.143. The molecule has 5 nitrogen and oxygen atoms in total. The molecule has 98 valence electrons. The highest BCUT2D eigenvalue weighted by Crippen LogP contribution is 2.25. The van der Waals surface area contributed by atoms with E-state index in [0.29, 0.717) is 23.5 Å². The number of hydrogen-bond donors (Lipinski definition) is 0. The molecule has 0 fully saturated rings. The van der Waals surface area contributed by atoms with Crippen LogP contribution in [-0.4, -0.2) is 30.5 Å². The van der Waals surface area contributed by atoms with E-state index in [1.807, 2.05) is 6.07 Å². The molecular weight excluding hydrogens is 246 g/mol. The molecule has 0 saturated heterocycles. The second-order valence-corrected chi connectivity index (χ2v) is 3.75. The maximum atomic E-state index is 11.9. The quantitative estimate of drug-likeness (QED) is 0.771. The summed E-state index contributed by atoms with van der Waals surface area (Å²) in [7, 11) is 1.53. The Bertz CT molecular complexity index is 589. The highest BCUT2D eigenvalue weighted by molar-refractivity contribution is 5.87. The summed E-state index contributed by atoms with van der Waals surface area (Å²) >= 11 is 0. The summed E-state index contributed by atoms with van der Waals surface area (Å²) in [5.74, 6) is 0.717. The van der Waals surface area contributed by atoms with Gasteiger partial charge in [0.1, 0.15) is 0 Å². The van der Waals surface area contributed by atoms with E-state index in [1.54, 1.807) is 30.3 Å². The zero-order valence-corrected chi connectivity index (χ0v) is 10.4. The standard InChI is InChI=1S/C14H13NO4/c1-18-12-6-2-3-7-13(12)19-10-14(17)15-8-4-5-11(15)9-16/h2-9H,10H2,1H3. The van der Waals surface area contributed by atoms with E-state index in [-0.39, 0.29) is 12.5 Å². The van der Waals surface area contributed by atoms with Crippen molar-refractivity contribution >= 4 is 12.2 Å². The first kappa shape index (κ1) is 12.9. The zero-order valence-electron chi connectivity index (χ0n) is 10.4. The molecule has 0 radical (unpaired) electrons. The average Bonchev–Trinajstić information content (AvgIpc) is 2.93. The van der Waals surface area contributed by atoms with Crippen LogP contribution in [0.15, 0.2) is 42.6 Å². The Morgan fingerprint density at radius 2 is 1.95 bits per heavy atom. The molecule has 0 bridgehead atoms. The SMILES string of the molecule is COc1ccccc1OCC(=O)n1cccc1C=O. The Kier molecular flexibility index (Phi) is 3.97. The molecule has 0 saturated carbocycles. The summed E-state index contributed by atoms with van der Waals surface area (Å²) in [6.07, 6.45) is 2.15. The van der Waals surface area contributed by atoms with Crippen LogP contribution in [0.1, 0.15) is 15.3 Å². The van der Waals surface area contributed by atoms with E-state index < -0.39 is 0 Å². The predicted molar refractivity (Wildman–Crippen MR) is 68.9 cm³/mol. The number of methoxy groups -OCH3 is 1. The number of para-hydroxylation sites is 2. The molecule has 2 rings (SSSR count). The van der Waals surface area contributed by atoms with Gasteiger partial charge in [-0.05, 0) is 24.3 Å². The third kappa shape index (κ3) is 2.82. The number of ether oxygens (including phenoxy) is 2. The summed E-state index contributed by atoms with van der Waals surface area (Å²) in [6.45, 7) is -0.171. The van der Waals surface area contributed by atoms with Crippen molar-refractivity contribution < 1.29 is 19.1 Å². The molecule has 5 heteroatoms. The lowest BCUT2D eigenvalue weighted by molar-refractivity contribution is 0.0827. The molecule has 0 aliphatic heterocycles. The van der Waals surface area contributed by atoms with Gasteiger partial charge in [-0.2, -0.15) is 0 Å². The summed E-state index contributed by atoms with van der Waals surface area (Å²) < 4.78 is 11.8. The van der Waals surface area contributed by atoms with Gasteiger partial charge in [-0.25, -0.2) is 0 Å². The first-order valence-corrected chi connectivity index (χ1v) is 5.68. The molecule has 0 aliphatic rings. The first-order chi connectivity index (χ1) is 9.26. The van der Waals surface area contributed by atoms with Crippen LogP contribution in [0.3, 0.4) is 0 Å². The number of aldehydes is 1. The van der Waals surface area contributed by atoms with Crippen LogP contribution >= 0.6 is 0 Å². The van der Waals surface area contributed by atoms with Crippen LogP contribution in [0.25, 0.3) is 0 Å². The van der Waals surface area contributed by atoms with Crippen molar-refractivity contribution in [1.82, 2.24) is 4.57 Å². The van der Waals surface area contributed by atoms with Gasteiger partial charge < -0.3 is 9.47 Å². The van der Waals surface area contributed by atoms with Gasteiger partial charge in [-0.3, -0.25) is 14.2 Å².